The normalized spacial score (nSPS) is 19.1. The van der Waals surface area contributed by atoms with Gasteiger partial charge >= 0.3 is 0 Å². The lowest BCUT2D eigenvalue weighted by atomic mass is 10.2. The number of aromatic nitrogens is 1. The highest BCUT2D eigenvalue weighted by atomic mass is 32.2. The van der Waals surface area contributed by atoms with E-state index in [1.165, 1.54) is 11.3 Å². The van der Waals surface area contributed by atoms with E-state index in [1.54, 1.807) is 28.7 Å². The summed E-state index contributed by atoms with van der Waals surface area (Å²) in [4.78, 5) is 21.2. The van der Waals surface area contributed by atoms with E-state index in [4.69, 9.17) is 4.42 Å². The fourth-order valence-electron chi connectivity index (χ4n) is 3.06. The Morgan fingerprint density at radius 2 is 2.19 bits per heavy atom. The molecule has 1 aliphatic rings. The summed E-state index contributed by atoms with van der Waals surface area (Å²) in [6.07, 6.45) is 2.84. The maximum atomic E-state index is 13.0. The lowest BCUT2D eigenvalue weighted by Gasteiger charge is -2.28. The van der Waals surface area contributed by atoms with Gasteiger partial charge in [0.1, 0.15) is 5.69 Å². The van der Waals surface area contributed by atoms with Crippen LogP contribution in [0.15, 0.2) is 28.2 Å². The van der Waals surface area contributed by atoms with Crippen molar-refractivity contribution in [2.45, 2.75) is 18.9 Å². The van der Waals surface area contributed by atoms with Crippen LogP contribution < -0.4 is 0 Å². The number of sulfone groups is 1. The molecular weight excluding hydrogens is 374 g/mol. The Bertz CT molecular complexity index is 843. The summed E-state index contributed by atoms with van der Waals surface area (Å²) < 4.78 is 29.1. The summed E-state index contributed by atoms with van der Waals surface area (Å²) in [5.74, 6) is 0.594. The van der Waals surface area contributed by atoms with E-state index in [0.717, 1.165) is 13.0 Å². The zero-order valence-electron chi connectivity index (χ0n) is 14.9. The van der Waals surface area contributed by atoms with Crippen LogP contribution in [0, 0.1) is 0 Å². The van der Waals surface area contributed by atoms with Crippen molar-refractivity contribution in [2.24, 2.45) is 0 Å². The molecule has 0 unspecified atom stereocenters. The van der Waals surface area contributed by atoms with Crippen LogP contribution in [0.5, 0.6) is 0 Å². The molecule has 1 aliphatic heterocycles. The van der Waals surface area contributed by atoms with E-state index in [9.17, 15) is 13.2 Å². The molecule has 3 rings (SSSR count). The standard InChI is InChI=1S/C17H23N3O4S2/c1-19(2)7-4-8-20(13-6-10-26(22,23)12-13)17(21)14-11-25-16(18-14)15-5-3-9-24-15/h3,5,9,11,13H,4,6-8,10,12H2,1-2H3/t13-/m1/s1. The molecule has 9 heteroatoms. The molecule has 0 aromatic carbocycles. The molecule has 1 atom stereocenters. The summed E-state index contributed by atoms with van der Waals surface area (Å²) in [6, 6.07) is 3.30. The first kappa shape index (κ1) is 19.1. The third-order valence-corrected chi connectivity index (χ3v) is 6.98. The highest BCUT2D eigenvalue weighted by Gasteiger charge is 2.35. The minimum absolute atomic E-state index is 0.0376. The fourth-order valence-corrected chi connectivity index (χ4v) is 5.55. The van der Waals surface area contributed by atoms with Crippen LogP contribution in [0.25, 0.3) is 10.8 Å². The minimum Gasteiger partial charge on any atom is -0.462 e. The maximum absolute atomic E-state index is 13.0. The summed E-state index contributed by atoms with van der Waals surface area (Å²) in [7, 11) is 0.884. The lowest BCUT2D eigenvalue weighted by molar-refractivity contribution is 0.0685. The van der Waals surface area contributed by atoms with E-state index < -0.39 is 9.84 Å². The van der Waals surface area contributed by atoms with Crippen LogP contribution >= 0.6 is 11.3 Å². The van der Waals surface area contributed by atoms with Crippen molar-refractivity contribution in [3.63, 3.8) is 0 Å². The van der Waals surface area contributed by atoms with Gasteiger partial charge in [0, 0.05) is 18.0 Å². The van der Waals surface area contributed by atoms with Gasteiger partial charge in [0.25, 0.3) is 5.91 Å². The van der Waals surface area contributed by atoms with Crippen LogP contribution in [0.1, 0.15) is 23.3 Å². The monoisotopic (exact) mass is 397 g/mol. The Hall–Kier alpha value is -1.71. The van der Waals surface area contributed by atoms with Gasteiger partial charge in [-0.2, -0.15) is 0 Å². The molecule has 26 heavy (non-hydrogen) atoms. The molecule has 2 aromatic rings. The summed E-state index contributed by atoms with van der Waals surface area (Å²) in [5.41, 5.74) is 0.343. The quantitative estimate of drug-likeness (QED) is 0.710. The number of rotatable bonds is 7. The number of amides is 1. The third kappa shape index (κ3) is 4.52. The van der Waals surface area contributed by atoms with Gasteiger partial charge in [0.05, 0.1) is 17.8 Å². The molecule has 0 spiro atoms. The highest BCUT2D eigenvalue weighted by Crippen LogP contribution is 2.26. The Morgan fingerprint density at radius 1 is 1.38 bits per heavy atom. The van der Waals surface area contributed by atoms with Gasteiger partial charge in [-0.1, -0.05) is 0 Å². The Labute approximate surface area is 157 Å². The molecule has 142 valence electrons. The number of hydrogen-bond acceptors (Lipinski definition) is 7. The summed E-state index contributed by atoms with van der Waals surface area (Å²) >= 11 is 1.35. The molecule has 1 fully saturated rings. The predicted octanol–water partition coefficient (Wildman–Crippen LogP) is 1.98. The van der Waals surface area contributed by atoms with Crippen molar-refractivity contribution >= 4 is 27.1 Å². The smallest absolute Gasteiger partial charge is 0.273 e. The van der Waals surface area contributed by atoms with Crippen LogP contribution in [0.2, 0.25) is 0 Å². The van der Waals surface area contributed by atoms with Crippen molar-refractivity contribution in [2.75, 3.05) is 38.7 Å². The molecule has 0 saturated carbocycles. The highest BCUT2D eigenvalue weighted by molar-refractivity contribution is 7.91. The van der Waals surface area contributed by atoms with Gasteiger partial charge in [0.15, 0.2) is 20.6 Å². The minimum atomic E-state index is -3.06. The van der Waals surface area contributed by atoms with Gasteiger partial charge in [0.2, 0.25) is 0 Å². The Kier molecular flexibility index (Phi) is 5.79. The second-order valence-corrected chi connectivity index (χ2v) is 9.81. The van der Waals surface area contributed by atoms with Gasteiger partial charge in [-0.05, 0) is 45.6 Å². The van der Waals surface area contributed by atoms with E-state index in [-0.39, 0.29) is 23.5 Å². The van der Waals surface area contributed by atoms with E-state index in [2.05, 4.69) is 4.98 Å². The van der Waals surface area contributed by atoms with E-state index >= 15 is 0 Å². The third-order valence-electron chi connectivity index (χ3n) is 4.37. The van der Waals surface area contributed by atoms with Crippen LogP contribution in [0.4, 0.5) is 0 Å². The van der Waals surface area contributed by atoms with Gasteiger partial charge < -0.3 is 14.2 Å². The first-order valence-electron chi connectivity index (χ1n) is 8.51. The zero-order valence-corrected chi connectivity index (χ0v) is 16.6. The predicted molar refractivity (Wildman–Crippen MR) is 101 cm³/mol. The SMILES string of the molecule is CN(C)CCCN(C(=O)c1csc(-c2ccco2)n1)[C@@H]1CCS(=O)(=O)C1. The first-order chi connectivity index (χ1) is 12.4. The molecular formula is C17H23N3O4S2. The topological polar surface area (TPSA) is 83.7 Å². The molecule has 1 amide bonds. The zero-order chi connectivity index (χ0) is 18.7. The Balaban J connectivity index is 1.77. The molecule has 0 N–H and O–H groups in total. The number of carbonyl (C=O) groups is 1. The molecule has 0 radical (unpaired) electrons. The van der Waals surface area contributed by atoms with Crippen molar-refractivity contribution in [3.8, 4) is 10.8 Å². The van der Waals surface area contributed by atoms with Crippen LogP contribution in [-0.4, -0.2) is 73.8 Å². The molecule has 2 aromatic heterocycles. The number of hydrogen-bond donors (Lipinski definition) is 0. The Morgan fingerprint density at radius 3 is 2.81 bits per heavy atom. The average Bonchev–Trinajstić information content (AvgIpc) is 3.30. The number of thiazole rings is 1. The van der Waals surface area contributed by atoms with Gasteiger partial charge in [-0.15, -0.1) is 11.3 Å². The molecule has 0 bridgehead atoms. The van der Waals surface area contributed by atoms with Gasteiger partial charge in [-0.25, -0.2) is 13.4 Å². The maximum Gasteiger partial charge on any atom is 0.273 e. The van der Waals surface area contributed by atoms with Gasteiger partial charge in [-0.3, -0.25) is 4.79 Å². The van der Waals surface area contributed by atoms with Crippen molar-refractivity contribution in [1.82, 2.24) is 14.8 Å². The second kappa shape index (κ2) is 7.89. The van der Waals surface area contributed by atoms with Crippen LogP contribution in [-0.2, 0) is 9.84 Å². The average molecular weight is 398 g/mol. The fraction of sp³-hybridized carbons (Fsp3) is 0.529. The second-order valence-electron chi connectivity index (χ2n) is 6.73. The number of carbonyl (C=O) groups excluding carboxylic acids is 1. The van der Waals surface area contributed by atoms with E-state index in [1.807, 2.05) is 19.0 Å². The summed E-state index contributed by atoms with van der Waals surface area (Å²) in [6.45, 7) is 1.35. The van der Waals surface area contributed by atoms with Crippen LogP contribution in [0.3, 0.4) is 0 Å². The largest absolute Gasteiger partial charge is 0.462 e. The first-order valence-corrected chi connectivity index (χ1v) is 11.2. The van der Waals surface area contributed by atoms with Crippen molar-refractivity contribution < 1.29 is 17.6 Å². The van der Waals surface area contributed by atoms with Crippen molar-refractivity contribution in [1.29, 1.82) is 0 Å². The van der Waals surface area contributed by atoms with Crippen molar-refractivity contribution in [3.05, 3.63) is 29.5 Å². The lowest BCUT2D eigenvalue weighted by Crippen LogP contribution is -2.42. The molecule has 3 heterocycles. The number of nitrogens with zero attached hydrogens (tertiary/aromatic N) is 3. The van der Waals surface area contributed by atoms with E-state index in [0.29, 0.717) is 29.4 Å². The number of furan rings is 1. The molecule has 1 saturated heterocycles. The molecule has 7 nitrogen and oxygen atoms in total. The summed E-state index contributed by atoms with van der Waals surface area (Å²) in [5, 5.41) is 2.36. The molecule has 0 aliphatic carbocycles.